The highest BCUT2D eigenvalue weighted by Gasteiger charge is 2.24. The highest BCUT2D eigenvalue weighted by Crippen LogP contribution is 2.43. The predicted molar refractivity (Wildman–Crippen MR) is 382 cm³/mol. The Hall–Kier alpha value is -5.74. The molecule has 0 spiro atoms. The first-order chi connectivity index (χ1) is 45.6. The molecule has 0 saturated heterocycles. The zero-order valence-corrected chi connectivity index (χ0v) is 64.1. The molecule has 24 nitrogen and oxygen atoms in total. The van der Waals surface area contributed by atoms with Crippen LogP contribution in [0.3, 0.4) is 0 Å². The summed E-state index contributed by atoms with van der Waals surface area (Å²) in [5.74, 6) is -11.2. The van der Waals surface area contributed by atoms with Crippen LogP contribution in [0.15, 0.2) is 78.6 Å². The molecule has 8 aromatic carbocycles. The largest absolute Gasteiger partial charge is 0.248 e. The molecule has 0 aliphatic carbocycles. The second kappa shape index (κ2) is 32.5. The van der Waals surface area contributed by atoms with Crippen LogP contribution in [-0.4, -0.2) is 122 Å². The van der Waals surface area contributed by atoms with E-state index in [-0.39, 0.29) is 31.7 Å². The van der Waals surface area contributed by atoms with E-state index in [1.54, 1.807) is 43.0 Å². The van der Waals surface area contributed by atoms with E-state index in [4.69, 9.17) is 46.4 Å². The first kappa shape index (κ1) is 74.5. The number of para-hydroxylation sites is 1. The van der Waals surface area contributed by atoms with Crippen LogP contribution in [0.25, 0.3) is 88.3 Å². The number of benzene rings is 8. The zero-order chi connectivity index (χ0) is 69.7. The summed E-state index contributed by atoms with van der Waals surface area (Å²) in [4.78, 5) is 0. The van der Waals surface area contributed by atoms with Gasteiger partial charge in [-0.25, -0.2) is 53.3 Å². The Morgan fingerprint density at radius 3 is 1.15 bits per heavy atom. The van der Waals surface area contributed by atoms with Gasteiger partial charge in [0.15, 0.2) is 69.2 Å². The van der Waals surface area contributed by atoms with E-state index in [9.17, 15) is 43.9 Å². The normalized spacial score (nSPS) is 10.9. The molecular formula is C50H22Br4Cl4F10I4N24. The molecule has 6 N–H and O–H groups in total. The third-order valence-electron chi connectivity index (χ3n) is 12.1. The van der Waals surface area contributed by atoms with E-state index in [1.807, 2.05) is 5.21 Å². The number of H-pyrrole nitrogens is 6. The lowest BCUT2D eigenvalue weighted by Gasteiger charge is -2.02. The number of nitrogens with zero attached hydrogens (tertiary/aromatic N) is 18. The molecule has 96 heavy (non-hydrogen) atoms. The topological polar surface area (TPSA) is 311 Å². The van der Waals surface area contributed by atoms with Crippen LogP contribution in [0, 0.1) is 72.5 Å². The standard InChI is InChI=1S/C7H5F2N3.C7H6FN3.C6HBr4N3.C6HCl4N3.C6HF4N3.C6H3F2N3.C6H4FN3.C6HI4N3/c1-12-7-3-5(9)4(8)2-6(7)10-11-12;1-11-6-4-2-3-5(8)7(6)9-10-11;3*7-1-2(8)4(10)6-5(3(1)9)11-13-12-6;7-3-1-5-6(2-4(3)8)10-11-9-5;7-4-2-1-3-5-6(4)9-10-8-5;7-1-2(8)4(10)6-5(3(1)9)11-13-12-6/h2-3H,1H3;2-4H,1H3;3*(H,11,12,13);1-2H,(H,9,10,11);1-3H,(H,8,9,10);(H,11,12,13). The Balaban J connectivity index is 0.000000129. The summed E-state index contributed by atoms with van der Waals surface area (Å²) in [5.41, 5.74) is 6.42. The van der Waals surface area contributed by atoms with Crippen LogP contribution < -0.4 is 0 Å². The van der Waals surface area contributed by atoms with Gasteiger partial charge in [0.1, 0.15) is 66.2 Å². The molecule has 0 amide bonds. The van der Waals surface area contributed by atoms with Gasteiger partial charge < -0.3 is 0 Å². The fourth-order valence-electron chi connectivity index (χ4n) is 7.47. The maximum absolute atomic E-state index is 12.9. The third-order valence-corrected chi connectivity index (χ3v) is 25.9. The van der Waals surface area contributed by atoms with Crippen molar-refractivity contribution < 1.29 is 43.9 Å². The molecule has 8 heterocycles. The minimum Gasteiger partial charge on any atom is -0.248 e. The summed E-state index contributed by atoms with van der Waals surface area (Å²) in [5, 5.41) is 74.1. The summed E-state index contributed by atoms with van der Waals surface area (Å²) in [6.07, 6.45) is 0. The molecule has 0 bridgehead atoms. The summed E-state index contributed by atoms with van der Waals surface area (Å²) < 4.78 is 138. The molecular weight excluding hydrogens is 2100 g/mol. The molecule has 16 rings (SSSR count). The SMILES string of the molecule is Brc1c(Br)c(Br)c2n[nH]nc2c1Br.Clc1c(Cl)c(Cl)c2n[nH]nc2c1Cl.Cn1nnc2c(F)cccc21.Cn1nnc2cc(F)c(F)cc21.Fc1c(F)c(F)c2n[nH]nc2c1F.Fc1cc2n[nH]nc2cc1F.Fc1cccc2n[nH]nc12.Ic1c(I)c(I)c2n[nH]nc2c1I. The fourth-order valence-corrected chi connectivity index (χ4v) is 14.0. The van der Waals surface area contributed by atoms with Crippen molar-refractivity contribution in [3.63, 3.8) is 0 Å². The molecule has 0 saturated carbocycles. The van der Waals surface area contributed by atoms with Crippen molar-refractivity contribution in [1.82, 2.24) is 122 Å². The maximum atomic E-state index is 12.9. The first-order valence-electron chi connectivity index (χ1n) is 24.9. The van der Waals surface area contributed by atoms with Gasteiger partial charge in [0.25, 0.3) is 0 Å². The highest BCUT2D eigenvalue weighted by atomic mass is 127. The van der Waals surface area contributed by atoms with Gasteiger partial charge in [-0.15, -0.1) is 10.2 Å². The summed E-state index contributed by atoms with van der Waals surface area (Å²) in [7, 11) is 3.35. The molecule has 8 aromatic heterocycles. The first-order valence-corrected chi connectivity index (χ1v) is 33.9. The van der Waals surface area contributed by atoms with Crippen molar-refractivity contribution in [3.8, 4) is 0 Å². The number of aryl methyl sites for hydroxylation is 2. The summed E-state index contributed by atoms with van der Waals surface area (Å²) in [6, 6.07) is 13.5. The Labute approximate surface area is 633 Å². The van der Waals surface area contributed by atoms with Crippen molar-refractivity contribution in [3.05, 3.63) is 171 Å². The predicted octanol–water partition coefficient (Wildman–Crippen LogP) is 17.2. The number of hydrogen-bond donors (Lipinski definition) is 6. The summed E-state index contributed by atoms with van der Waals surface area (Å²) in [6.45, 7) is 0. The van der Waals surface area contributed by atoms with Crippen molar-refractivity contribution in [1.29, 1.82) is 0 Å². The smallest absolute Gasteiger partial charge is 0.199 e. The fraction of sp³-hybridized carbons (Fsp3) is 0.0400. The average molecular weight is 2120 g/mol. The van der Waals surface area contributed by atoms with Crippen LogP contribution >= 0.6 is 200 Å². The molecule has 46 heteroatoms. The lowest BCUT2D eigenvalue weighted by Crippen LogP contribution is -1.97. The van der Waals surface area contributed by atoms with Gasteiger partial charge in [0.05, 0.1) is 47.2 Å². The number of fused-ring (bicyclic) bond motifs is 8. The van der Waals surface area contributed by atoms with Crippen LogP contribution in [0.4, 0.5) is 43.9 Å². The van der Waals surface area contributed by atoms with Gasteiger partial charge in [-0.1, -0.05) is 69.0 Å². The Morgan fingerprint density at radius 1 is 0.323 bits per heavy atom. The van der Waals surface area contributed by atoms with Gasteiger partial charge in [0.2, 0.25) is 0 Å². The van der Waals surface area contributed by atoms with Gasteiger partial charge in [-0.3, -0.25) is 0 Å². The number of hydrogen-bond acceptors (Lipinski definition) is 16. The molecule has 0 unspecified atom stereocenters. The lowest BCUT2D eigenvalue weighted by atomic mass is 10.2. The van der Waals surface area contributed by atoms with Gasteiger partial charge >= 0.3 is 0 Å². The molecule has 0 aliphatic heterocycles. The second-order valence-electron chi connectivity index (χ2n) is 17.9. The van der Waals surface area contributed by atoms with Crippen molar-refractivity contribution in [2.75, 3.05) is 0 Å². The summed E-state index contributed by atoms with van der Waals surface area (Å²) >= 11 is 46.3. The van der Waals surface area contributed by atoms with Gasteiger partial charge in [-0.05, 0) is 178 Å². The van der Waals surface area contributed by atoms with Crippen LogP contribution in [-0.2, 0) is 14.1 Å². The number of nitrogens with one attached hydrogen (secondary N) is 6. The van der Waals surface area contributed by atoms with Crippen molar-refractivity contribution in [2.45, 2.75) is 0 Å². The van der Waals surface area contributed by atoms with E-state index in [0.717, 1.165) is 64.2 Å². The van der Waals surface area contributed by atoms with E-state index in [2.05, 4.69) is 262 Å². The number of halogens is 22. The van der Waals surface area contributed by atoms with E-state index >= 15 is 0 Å². The minimum atomic E-state index is -1.89. The Kier molecular flexibility index (Phi) is 25.2. The highest BCUT2D eigenvalue weighted by molar-refractivity contribution is 14.1. The van der Waals surface area contributed by atoms with Crippen molar-refractivity contribution in [2.24, 2.45) is 14.1 Å². The third kappa shape index (κ3) is 16.1. The average Bonchev–Trinajstić information content (AvgIpc) is 1.54. The zero-order valence-electron chi connectivity index (χ0n) is 46.1. The van der Waals surface area contributed by atoms with Gasteiger partial charge in [-0.2, -0.15) is 92.5 Å². The molecule has 16 aromatic rings. The quantitative estimate of drug-likeness (QED) is 0.0356. The Morgan fingerprint density at radius 2 is 0.677 bits per heavy atom. The van der Waals surface area contributed by atoms with E-state index < -0.39 is 57.6 Å². The number of aromatic nitrogens is 24. The number of aromatic amines is 6. The van der Waals surface area contributed by atoms with Crippen LogP contribution in [0.2, 0.25) is 20.1 Å². The molecule has 0 atom stereocenters. The van der Waals surface area contributed by atoms with Crippen LogP contribution in [0.1, 0.15) is 0 Å². The van der Waals surface area contributed by atoms with E-state index in [0.29, 0.717) is 55.2 Å². The molecule has 0 radical (unpaired) electrons. The van der Waals surface area contributed by atoms with Crippen LogP contribution in [0.5, 0.6) is 0 Å². The maximum Gasteiger partial charge on any atom is 0.199 e. The Bertz CT molecular complexity index is 4980. The molecule has 496 valence electrons. The molecule has 0 fully saturated rings. The number of rotatable bonds is 0. The van der Waals surface area contributed by atoms with Crippen molar-refractivity contribution >= 4 is 289 Å². The second-order valence-corrected chi connectivity index (χ2v) is 26.9. The minimum absolute atomic E-state index is 0.190. The van der Waals surface area contributed by atoms with Gasteiger partial charge in [0, 0.05) is 54.4 Å². The lowest BCUT2D eigenvalue weighted by molar-refractivity contribution is 0.417. The molecule has 0 aliphatic rings. The monoisotopic (exact) mass is 2110 g/mol. The van der Waals surface area contributed by atoms with E-state index in [1.165, 1.54) is 31.1 Å².